The van der Waals surface area contributed by atoms with Crippen molar-refractivity contribution >= 4 is 5.97 Å². The Morgan fingerprint density at radius 1 is 0.929 bits per heavy atom. The van der Waals surface area contributed by atoms with Crippen molar-refractivity contribution in [1.29, 1.82) is 0 Å². The fourth-order valence-corrected chi connectivity index (χ4v) is 2.53. The smallest absolute Gasteiger partial charge is 0.335 e. The maximum Gasteiger partial charge on any atom is 0.335 e. The molecule has 7 heteroatoms. The maximum atomic E-state index is 12.3. The third kappa shape index (κ3) is 4.85. The van der Waals surface area contributed by atoms with Crippen LogP contribution in [0, 0.1) is 0 Å². The van der Waals surface area contributed by atoms with Crippen LogP contribution in [0.15, 0.2) is 82.4 Å². The number of hydrogen-bond donors (Lipinski definition) is 2. The predicted octanol–water partition coefficient (Wildman–Crippen LogP) is 3.12. The topological polar surface area (TPSA) is 101 Å². The minimum atomic E-state index is -0.681. The number of aromatic amines is 2. The number of carbonyl (C=O) groups excluding carboxylic acids is 1. The van der Waals surface area contributed by atoms with Crippen molar-refractivity contribution < 1.29 is 14.3 Å². The summed E-state index contributed by atoms with van der Waals surface area (Å²) in [5, 5.41) is 0. The van der Waals surface area contributed by atoms with Crippen LogP contribution in [0.3, 0.4) is 0 Å². The van der Waals surface area contributed by atoms with Gasteiger partial charge in [0.05, 0.1) is 5.56 Å². The number of para-hydroxylation sites is 2. The van der Waals surface area contributed by atoms with Gasteiger partial charge in [-0.3, -0.25) is 14.8 Å². The van der Waals surface area contributed by atoms with Crippen LogP contribution in [0.1, 0.15) is 18.4 Å². The van der Waals surface area contributed by atoms with E-state index in [1.54, 1.807) is 55.5 Å². The van der Waals surface area contributed by atoms with Crippen molar-refractivity contribution in [1.82, 2.24) is 9.97 Å². The van der Waals surface area contributed by atoms with Gasteiger partial charge in [0.1, 0.15) is 11.5 Å². The number of aromatic nitrogens is 2. The van der Waals surface area contributed by atoms with E-state index in [1.165, 1.54) is 12.2 Å². The van der Waals surface area contributed by atoms with Crippen molar-refractivity contribution in [3.05, 3.63) is 99.2 Å². The lowest BCUT2D eigenvalue weighted by Gasteiger charge is -2.12. The highest BCUT2D eigenvalue weighted by molar-refractivity contribution is 5.84. The molecule has 0 amide bonds. The average Bonchev–Trinajstić information content (AvgIpc) is 2.67. The largest absolute Gasteiger partial charge is 0.440 e. The Bertz CT molecular complexity index is 1090. The normalized spacial score (nSPS) is 11.9. The number of benzene rings is 2. The van der Waals surface area contributed by atoms with Gasteiger partial charge in [-0.05, 0) is 24.3 Å². The van der Waals surface area contributed by atoms with Gasteiger partial charge in [0.15, 0.2) is 0 Å². The quantitative estimate of drug-likeness (QED) is 0.390. The number of H-pyrrole nitrogens is 2. The van der Waals surface area contributed by atoms with Crippen molar-refractivity contribution in [2.75, 3.05) is 0 Å². The monoisotopic (exact) mass is 378 g/mol. The Hall–Kier alpha value is -3.87. The summed E-state index contributed by atoms with van der Waals surface area (Å²) < 4.78 is 10.8. The van der Waals surface area contributed by atoms with Gasteiger partial charge in [-0.15, -0.1) is 0 Å². The highest BCUT2D eigenvalue weighted by Crippen LogP contribution is 2.25. The highest BCUT2D eigenvalue weighted by atomic mass is 16.5. The van der Waals surface area contributed by atoms with E-state index in [9.17, 15) is 14.4 Å². The van der Waals surface area contributed by atoms with Crippen LogP contribution in [-0.2, 0) is 4.79 Å². The van der Waals surface area contributed by atoms with E-state index in [-0.39, 0.29) is 11.4 Å². The zero-order chi connectivity index (χ0) is 19.9. The van der Waals surface area contributed by atoms with Crippen LogP contribution in [-0.4, -0.2) is 15.9 Å². The number of ether oxygens (including phenoxy) is 2. The van der Waals surface area contributed by atoms with Gasteiger partial charge < -0.3 is 9.47 Å². The van der Waals surface area contributed by atoms with Gasteiger partial charge in [-0.2, -0.15) is 0 Å². The third-order valence-electron chi connectivity index (χ3n) is 3.84. The van der Waals surface area contributed by atoms with Gasteiger partial charge in [-0.1, -0.05) is 49.4 Å². The first-order valence-electron chi connectivity index (χ1n) is 8.57. The van der Waals surface area contributed by atoms with E-state index in [1.807, 2.05) is 12.1 Å². The summed E-state index contributed by atoms with van der Waals surface area (Å²) in [5.41, 5.74) is -1.09. The van der Waals surface area contributed by atoms with Gasteiger partial charge in [0.25, 0.3) is 5.56 Å². The first-order chi connectivity index (χ1) is 13.5. The Kier molecular flexibility index (Phi) is 5.86. The number of nitrogens with one attached hydrogen (secondary N) is 2. The number of allylic oxidation sites excluding steroid dienone is 1. The lowest BCUT2D eigenvalue weighted by molar-refractivity contribution is -0.129. The molecule has 0 saturated carbocycles. The molecule has 2 N–H and O–H groups in total. The molecule has 0 radical (unpaired) electrons. The van der Waals surface area contributed by atoms with Crippen molar-refractivity contribution in [3.8, 4) is 17.4 Å². The Morgan fingerprint density at radius 2 is 1.54 bits per heavy atom. The second-order valence-corrected chi connectivity index (χ2v) is 5.95. The number of rotatable bonds is 6. The number of esters is 1. The number of carbonyl (C=O) groups is 1. The van der Waals surface area contributed by atoms with Gasteiger partial charge in [0.2, 0.25) is 5.88 Å². The molecule has 2 aromatic carbocycles. The summed E-state index contributed by atoms with van der Waals surface area (Å²) in [4.78, 5) is 40.6. The molecule has 0 saturated heterocycles. The fourth-order valence-electron chi connectivity index (χ4n) is 2.53. The molecule has 7 nitrogen and oxygen atoms in total. The first-order valence-corrected chi connectivity index (χ1v) is 8.57. The molecule has 3 rings (SSSR count). The van der Waals surface area contributed by atoms with Crippen LogP contribution in [0.4, 0.5) is 0 Å². The van der Waals surface area contributed by atoms with Crippen molar-refractivity contribution in [2.24, 2.45) is 0 Å². The van der Waals surface area contributed by atoms with E-state index in [2.05, 4.69) is 9.97 Å². The Morgan fingerprint density at radius 3 is 2.18 bits per heavy atom. The highest BCUT2D eigenvalue weighted by Gasteiger charge is 2.17. The summed E-state index contributed by atoms with van der Waals surface area (Å²) in [6, 6.07) is 17.4. The molecular weight excluding hydrogens is 360 g/mol. The zero-order valence-corrected chi connectivity index (χ0v) is 15.0. The van der Waals surface area contributed by atoms with E-state index in [0.717, 1.165) is 0 Å². The fraction of sp³-hybridized carbons (Fsp3) is 0.0952. The lowest BCUT2D eigenvalue weighted by Crippen LogP contribution is -2.27. The summed E-state index contributed by atoms with van der Waals surface area (Å²) >= 11 is 0. The third-order valence-corrected chi connectivity index (χ3v) is 3.84. The summed E-state index contributed by atoms with van der Waals surface area (Å²) in [6.07, 6.45) is 2.74. The molecule has 0 bridgehead atoms. The molecule has 0 spiro atoms. The van der Waals surface area contributed by atoms with E-state index >= 15 is 0 Å². The number of hydrogen-bond acceptors (Lipinski definition) is 5. The van der Waals surface area contributed by atoms with Crippen LogP contribution in [0.25, 0.3) is 0 Å². The van der Waals surface area contributed by atoms with Crippen LogP contribution in [0.5, 0.6) is 17.4 Å². The standard InChI is InChI=1S/C21H18N2O5/c1-14(12-13-17(24)27-15-8-4-2-5-9-15)18-19(25)22-21(26)23-20(18)28-16-10-6-3-7-11-16/h2-14H,1H3,(H2,22,23,25,26)/b13-12+. The van der Waals surface area contributed by atoms with Gasteiger partial charge in [-0.25, -0.2) is 9.59 Å². The molecule has 0 fully saturated rings. The summed E-state index contributed by atoms with van der Waals surface area (Å²) in [5.74, 6) is -0.204. The van der Waals surface area contributed by atoms with Gasteiger partial charge >= 0.3 is 11.7 Å². The van der Waals surface area contributed by atoms with Crippen LogP contribution >= 0.6 is 0 Å². The molecule has 0 aliphatic rings. The molecule has 0 aliphatic carbocycles. The molecular formula is C21H18N2O5. The van der Waals surface area contributed by atoms with E-state index in [0.29, 0.717) is 11.5 Å². The molecule has 1 atom stereocenters. The lowest BCUT2D eigenvalue weighted by atomic mass is 10.0. The Labute approximate surface area is 160 Å². The van der Waals surface area contributed by atoms with Crippen LogP contribution < -0.4 is 20.7 Å². The molecule has 1 heterocycles. The average molecular weight is 378 g/mol. The summed E-state index contributed by atoms with van der Waals surface area (Å²) in [6.45, 7) is 1.70. The van der Waals surface area contributed by atoms with Crippen molar-refractivity contribution in [2.45, 2.75) is 12.8 Å². The summed E-state index contributed by atoms with van der Waals surface area (Å²) in [7, 11) is 0. The molecule has 3 aromatic rings. The SMILES string of the molecule is CC(/C=C/C(=O)Oc1ccccc1)c1c(Oc2ccccc2)[nH]c(=O)[nH]c1=O. The van der Waals surface area contributed by atoms with Crippen LogP contribution in [0.2, 0.25) is 0 Å². The molecule has 0 aliphatic heterocycles. The van der Waals surface area contributed by atoms with E-state index < -0.39 is 23.1 Å². The zero-order valence-electron chi connectivity index (χ0n) is 15.0. The van der Waals surface area contributed by atoms with E-state index in [4.69, 9.17) is 9.47 Å². The second kappa shape index (κ2) is 8.68. The minimum Gasteiger partial charge on any atom is -0.440 e. The maximum absolute atomic E-state index is 12.3. The molecule has 1 unspecified atom stereocenters. The molecule has 28 heavy (non-hydrogen) atoms. The van der Waals surface area contributed by atoms with Crippen molar-refractivity contribution in [3.63, 3.8) is 0 Å². The Balaban J connectivity index is 1.82. The predicted molar refractivity (Wildman–Crippen MR) is 104 cm³/mol. The molecule has 142 valence electrons. The first kappa shape index (κ1) is 18.9. The minimum absolute atomic E-state index is 0.0218. The second-order valence-electron chi connectivity index (χ2n) is 5.95. The van der Waals surface area contributed by atoms with Gasteiger partial charge in [0, 0.05) is 12.0 Å². The molecule has 1 aromatic heterocycles.